The number of aliphatic hydroxyl groups is 1. The summed E-state index contributed by atoms with van der Waals surface area (Å²) in [6.07, 6.45) is 3.42. The van der Waals surface area contributed by atoms with Crippen LogP contribution in [0.5, 0.6) is 0 Å². The van der Waals surface area contributed by atoms with Crippen LogP contribution in [0.3, 0.4) is 0 Å². The quantitative estimate of drug-likeness (QED) is 0.818. The van der Waals surface area contributed by atoms with Gasteiger partial charge in [0.1, 0.15) is 0 Å². The van der Waals surface area contributed by atoms with Crippen LogP contribution in [0.1, 0.15) is 18.4 Å². The van der Waals surface area contributed by atoms with E-state index >= 15 is 0 Å². The molecular formula is C9H13NOS2. The van der Waals surface area contributed by atoms with Crippen molar-refractivity contribution in [3.8, 4) is 0 Å². The van der Waals surface area contributed by atoms with Gasteiger partial charge in [-0.1, -0.05) is 6.92 Å². The van der Waals surface area contributed by atoms with Crippen molar-refractivity contribution in [3.63, 3.8) is 0 Å². The summed E-state index contributed by atoms with van der Waals surface area (Å²) in [6, 6.07) is 0. The topological polar surface area (TPSA) is 33.1 Å². The molecule has 1 saturated heterocycles. The van der Waals surface area contributed by atoms with Crippen LogP contribution in [0.4, 0.5) is 0 Å². The molecule has 0 radical (unpaired) electrons. The average Bonchev–Trinajstić information content (AvgIpc) is 2.65. The summed E-state index contributed by atoms with van der Waals surface area (Å²) in [5, 5.41) is 13.6. The summed E-state index contributed by atoms with van der Waals surface area (Å²) in [7, 11) is 0. The Morgan fingerprint density at radius 3 is 3.15 bits per heavy atom. The smallest absolute Gasteiger partial charge is 0.0953 e. The van der Waals surface area contributed by atoms with Crippen molar-refractivity contribution in [2.24, 2.45) is 0 Å². The highest BCUT2D eigenvalue weighted by Gasteiger charge is 2.39. The van der Waals surface area contributed by atoms with Crippen molar-refractivity contribution in [1.29, 1.82) is 0 Å². The van der Waals surface area contributed by atoms with E-state index in [1.54, 1.807) is 17.5 Å². The van der Waals surface area contributed by atoms with Crippen LogP contribution in [-0.4, -0.2) is 26.7 Å². The van der Waals surface area contributed by atoms with Crippen LogP contribution in [0.2, 0.25) is 0 Å². The fraction of sp³-hybridized carbons (Fsp3) is 0.667. The molecule has 1 aliphatic heterocycles. The van der Waals surface area contributed by atoms with E-state index in [0.29, 0.717) is 5.25 Å². The fourth-order valence-corrected chi connectivity index (χ4v) is 3.68. The van der Waals surface area contributed by atoms with E-state index in [2.05, 4.69) is 11.9 Å². The molecule has 1 N–H and O–H groups in total. The van der Waals surface area contributed by atoms with Gasteiger partial charge in [-0.05, 0) is 12.2 Å². The lowest BCUT2D eigenvalue weighted by Gasteiger charge is -2.25. The van der Waals surface area contributed by atoms with E-state index in [1.807, 2.05) is 17.1 Å². The molecule has 2 nitrogen and oxygen atoms in total. The summed E-state index contributed by atoms with van der Waals surface area (Å²) in [5.74, 6) is 1.07. The summed E-state index contributed by atoms with van der Waals surface area (Å²) < 4.78 is 0. The van der Waals surface area contributed by atoms with Crippen LogP contribution in [0.25, 0.3) is 0 Å². The Bertz CT molecular complexity index is 275. The second-order valence-corrected chi connectivity index (χ2v) is 5.90. The van der Waals surface area contributed by atoms with Crippen molar-refractivity contribution in [2.45, 2.75) is 30.6 Å². The van der Waals surface area contributed by atoms with E-state index in [-0.39, 0.29) is 0 Å². The lowest BCUT2D eigenvalue weighted by atomic mass is 9.94. The lowest BCUT2D eigenvalue weighted by Crippen LogP contribution is -2.36. The molecule has 0 spiro atoms. The number of thioether (sulfide) groups is 1. The van der Waals surface area contributed by atoms with Gasteiger partial charge >= 0.3 is 0 Å². The molecule has 1 fully saturated rings. The maximum Gasteiger partial charge on any atom is 0.0953 e. The number of hydrogen-bond donors (Lipinski definition) is 1. The zero-order valence-electron chi connectivity index (χ0n) is 7.56. The third kappa shape index (κ3) is 1.90. The molecule has 0 aliphatic carbocycles. The molecule has 1 aromatic rings. The first kappa shape index (κ1) is 9.49. The lowest BCUT2D eigenvalue weighted by molar-refractivity contribution is 0.0464. The fourth-order valence-electron chi connectivity index (χ4n) is 1.61. The monoisotopic (exact) mass is 215 g/mol. The summed E-state index contributed by atoms with van der Waals surface area (Å²) in [5.41, 5.74) is -0.511. The molecule has 2 atom stereocenters. The predicted molar refractivity (Wildman–Crippen MR) is 57.3 cm³/mol. The van der Waals surface area contributed by atoms with Gasteiger partial charge in [-0.2, -0.15) is 11.8 Å². The zero-order chi connectivity index (χ0) is 9.31. The molecule has 0 aromatic carbocycles. The van der Waals surface area contributed by atoms with Crippen LogP contribution in [-0.2, 0) is 6.42 Å². The minimum absolute atomic E-state index is 0.344. The van der Waals surface area contributed by atoms with Crippen molar-refractivity contribution in [2.75, 3.05) is 5.75 Å². The number of rotatable bonds is 2. The number of nitrogens with zero attached hydrogens (tertiary/aromatic N) is 1. The van der Waals surface area contributed by atoms with E-state index in [1.165, 1.54) is 0 Å². The molecule has 2 unspecified atom stereocenters. The second-order valence-electron chi connectivity index (χ2n) is 3.47. The molecule has 0 amide bonds. The van der Waals surface area contributed by atoms with Gasteiger partial charge in [-0.25, -0.2) is 4.98 Å². The summed E-state index contributed by atoms with van der Waals surface area (Å²) in [4.78, 5) is 4.21. The minimum Gasteiger partial charge on any atom is -0.388 e. The first-order valence-electron chi connectivity index (χ1n) is 4.43. The summed E-state index contributed by atoms with van der Waals surface area (Å²) in [6.45, 7) is 2.10. The standard InChI is InChI=1S/C9H13NOS2/c1-7-9(11,2-4-12-7)6-8-10-3-5-13-8/h3,5,7,11H,2,4,6H2,1H3. The average molecular weight is 215 g/mol. The molecule has 0 saturated carbocycles. The second kappa shape index (κ2) is 3.59. The maximum atomic E-state index is 10.3. The Morgan fingerprint density at radius 1 is 1.77 bits per heavy atom. The van der Waals surface area contributed by atoms with Gasteiger partial charge < -0.3 is 5.11 Å². The van der Waals surface area contributed by atoms with Gasteiger partial charge in [0, 0.05) is 23.2 Å². The van der Waals surface area contributed by atoms with E-state index in [9.17, 15) is 5.11 Å². The first-order chi connectivity index (χ1) is 6.21. The molecule has 72 valence electrons. The molecule has 13 heavy (non-hydrogen) atoms. The van der Waals surface area contributed by atoms with Crippen LogP contribution in [0, 0.1) is 0 Å². The number of thiazole rings is 1. The van der Waals surface area contributed by atoms with Crippen LogP contribution >= 0.6 is 23.1 Å². The highest BCUT2D eigenvalue weighted by molar-refractivity contribution is 8.00. The number of aromatic nitrogens is 1. The van der Waals surface area contributed by atoms with Crippen LogP contribution in [0.15, 0.2) is 11.6 Å². The predicted octanol–water partition coefficient (Wildman–Crippen LogP) is 1.94. The van der Waals surface area contributed by atoms with Gasteiger partial charge in [0.2, 0.25) is 0 Å². The normalized spacial score (nSPS) is 33.8. The van der Waals surface area contributed by atoms with E-state index < -0.39 is 5.60 Å². The Morgan fingerprint density at radius 2 is 2.62 bits per heavy atom. The van der Waals surface area contributed by atoms with E-state index in [0.717, 1.165) is 23.6 Å². The minimum atomic E-state index is -0.511. The van der Waals surface area contributed by atoms with Gasteiger partial charge in [-0.3, -0.25) is 0 Å². The molecule has 2 rings (SSSR count). The molecule has 1 aliphatic rings. The van der Waals surface area contributed by atoms with Gasteiger partial charge in [-0.15, -0.1) is 11.3 Å². The van der Waals surface area contributed by atoms with Gasteiger partial charge in [0.25, 0.3) is 0 Å². The molecule has 1 aromatic heterocycles. The number of hydrogen-bond acceptors (Lipinski definition) is 4. The molecule has 0 bridgehead atoms. The van der Waals surface area contributed by atoms with Crippen molar-refractivity contribution in [1.82, 2.24) is 4.98 Å². The van der Waals surface area contributed by atoms with Crippen molar-refractivity contribution in [3.05, 3.63) is 16.6 Å². The Kier molecular flexibility index (Phi) is 2.62. The molecule has 2 heterocycles. The largest absolute Gasteiger partial charge is 0.388 e. The Hall–Kier alpha value is -0.0600. The summed E-state index contributed by atoms with van der Waals surface area (Å²) >= 11 is 3.48. The van der Waals surface area contributed by atoms with Gasteiger partial charge in [0.15, 0.2) is 0 Å². The zero-order valence-corrected chi connectivity index (χ0v) is 9.20. The van der Waals surface area contributed by atoms with Crippen molar-refractivity contribution < 1.29 is 5.11 Å². The maximum absolute atomic E-state index is 10.3. The third-order valence-electron chi connectivity index (χ3n) is 2.60. The molecule has 4 heteroatoms. The highest BCUT2D eigenvalue weighted by Crippen LogP contribution is 2.38. The molecular weight excluding hydrogens is 202 g/mol. The van der Waals surface area contributed by atoms with E-state index in [4.69, 9.17) is 0 Å². The first-order valence-corrected chi connectivity index (χ1v) is 6.36. The highest BCUT2D eigenvalue weighted by atomic mass is 32.2. The Labute approximate surface area is 86.4 Å². The van der Waals surface area contributed by atoms with Crippen LogP contribution < -0.4 is 0 Å². The Balaban J connectivity index is 2.08. The van der Waals surface area contributed by atoms with Crippen molar-refractivity contribution >= 4 is 23.1 Å². The third-order valence-corrected chi connectivity index (χ3v) is 4.76. The SMILES string of the molecule is CC1SCCC1(O)Cc1nccs1. The van der Waals surface area contributed by atoms with Gasteiger partial charge in [0.05, 0.1) is 10.6 Å².